The van der Waals surface area contributed by atoms with Crippen LogP contribution >= 0.6 is 35.0 Å². The number of imidazole rings is 1. The van der Waals surface area contributed by atoms with Gasteiger partial charge in [0.15, 0.2) is 5.16 Å². The van der Waals surface area contributed by atoms with Gasteiger partial charge in [-0.25, -0.2) is 4.98 Å². The minimum absolute atomic E-state index is 0.115. The summed E-state index contributed by atoms with van der Waals surface area (Å²) in [4.78, 5) is 20.7. The number of benzene rings is 3. The number of aryl methyl sites for hydroxylation is 2. The molecule has 4 rings (SSSR count). The zero-order valence-electron chi connectivity index (χ0n) is 18.3. The van der Waals surface area contributed by atoms with Gasteiger partial charge in [-0.1, -0.05) is 94.6 Å². The predicted molar refractivity (Wildman–Crippen MR) is 139 cm³/mol. The Balaban J connectivity index is 1.48. The van der Waals surface area contributed by atoms with Crippen LogP contribution in [0.1, 0.15) is 17.5 Å². The second-order valence-corrected chi connectivity index (χ2v) is 9.70. The number of thioether (sulfide) groups is 1. The second-order valence-electron chi connectivity index (χ2n) is 7.77. The third-order valence-corrected chi connectivity index (χ3v) is 6.54. The first-order valence-corrected chi connectivity index (χ1v) is 12.2. The van der Waals surface area contributed by atoms with Gasteiger partial charge in [0.25, 0.3) is 0 Å². The molecule has 0 fully saturated rings. The molecule has 0 bridgehead atoms. The molecule has 2 N–H and O–H groups in total. The normalized spacial score (nSPS) is 10.9. The molecule has 0 saturated heterocycles. The number of H-pyrrole nitrogens is 1. The molecule has 7 heteroatoms. The van der Waals surface area contributed by atoms with Gasteiger partial charge >= 0.3 is 0 Å². The number of aromatic nitrogens is 2. The first-order chi connectivity index (χ1) is 15.9. The van der Waals surface area contributed by atoms with Crippen LogP contribution in [0.2, 0.25) is 10.0 Å². The third-order valence-electron chi connectivity index (χ3n) is 5.12. The third kappa shape index (κ3) is 5.99. The fourth-order valence-corrected chi connectivity index (χ4v) is 4.58. The van der Waals surface area contributed by atoms with Crippen molar-refractivity contribution >= 4 is 46.6 Å². The predicted octanol–water partition coefficient (Wildman–Crippen LogP) is 7.79. The summed E-state index contributed by atoms with van der Waals surface area (Å²) < 4.78 is 0. The van der Waals surface area contributed by atoms with Crippen LogP contribution in [0, 0.1) is 13.8 Å². The van der Waals surface area contributed by atoms with Gasteiger partial charge in [0, 0.05) is 28.3 Å². The molecule has 0 aliphatic heterocycles. The average Bonchev–Trinajstić information content (AvgIpc) is 3.21. The van der Waals surface area contributed by atoms with Crippen LogP contribution in [0.4, 0.5) is 5.69 Å². The summed E-state index contributed by atoms with van der Waals surface area (Å²) >= 11 is 13.6. The summed E-state index contributed by atoms with van der Waals surface area (Å²) in [7, 11) is 0. The van der Waals surface area contributed by atoms with E-state index in [0.29, 0.717) is 27.9 Å². The molecule has 0 radical (unpaired) electrons. The van der Waals surface area contributed by atoms with Gasteiger partial charge in [-0.3, -0.25) is 4.79 Å². The number of amides is 1. The van der Waals surface area contributed by atoms with Gasteiger partial charge in [0.2, 0.25) is 5.91 Å². The SMILES string of the molecule is Cc1ccc(-c2nc(SCCC(=O)Nc3ccc(Cl)cc3Cl)[nH]c2-c2ccc(C)cc2)cc1. The van der Waals surface area contributed by atoms with Gasteiger partial charge in [0.1, 0.15) is 0 Å². The van der Waals surface area contributed by atoms with Crippen LogP contribution in [0.3, 0.4) is 0 Å². The Morgan fingerprint density at radius 2 is 1.58 bits per heavy atom. The highest BCUT2D eigenvalue weighted by Gasteiger charge is 2.15. The molecule has 4 nitrogen and oxygen atoms in total. The number of anilines is 1. The van der Waals surface area contributed by atoms with Crippen molar-refractivity contribution in [1.29, 1.82) is 0 Å². The molecule has 1 heterocycles. The maximum absolute atomic E-state index is 12.4. The minimum Gasteiger partial charge on any atom is -0.332 e. The lowest BCUT2D eigenvalue weighted by Gasteiger charge is -2.07. The van der Waals surface area contributed by atoms with Gasteiger partial charge in [-0.15, -0.1) is 0 Å². The summed E-state index contributed by atoms with van der Waals surface area (Å²) in [6, 6.07) is 21.7. The Hall–Kier alpha value is -2.73. The number of carbonyl (C=O) groups excluding carboxylic acids is 1. The Kier molecular flexibility index (Phi) is 7.43. The van der Waals surface area contributed by atoms with Crippen molar-refractivity contribution in [2.45, 2.75) is 25.4 Å². The monoisotopic (exact) mass is 495 g/mol. The van der Waals surface area contributed by atoms with E-state index < -0.39 is 0 Å². The highest BCUT2D eigenvalue weighted by molar-refractivity contribution is 7.99. The van der Waals surface area contributed by atoms with Crippen LogP contribution in [0.15, 0.2) is 71.9 Å². The Morgan fingerprint density at radius 1 is 0.939 bits per heavy atom. The summed E-state index contributed by atoms with van der Waals surface area (Å²) in [6.45, 7) is 4.14. The van der Waals surface area contributed by atoms with Gasteiger partial charge < -0.3 is 10.3 Å². The van der Waals surface area contributed by atoms with Gasteiger partial charge in [-0.05, 0) is 32.0 Å². The quantitative estimate of drug-likeness (QED) is 0.257. The maximum Gasteiger partial charge on any atom is 0.225 e. The van der Waals surface area contributed by atoms with Gasteiger partial charge in [0.05, 0.1) is 22.1 Å². The number of aromatic amines is 1. The van der Waals surface area contributed by atoms with Crippen molar-refractivity contribution in [2.75, 3.05) is 11.1 Å². The van der Waals surface area contributed by atoms with Crippen LogP contribution < -0.4 is 5.32 Å². The molecule has 168 valence electrons. The second kappa shape index (κ2) is 10.5. The smallest absolute Gasteiger partial charge is 0.225 e. The number of nitrogens with zero attached hydrogens (tertiary/aromatic N) is 1. The topological polar surface area (TPSA) is 57.8 Å². The van der Waals surface area contributed by atoms with E-state index in [1.165, 1.54) is 22.9 Å². The van der Waals surface area contributed by atoms with E-state index in [9.17, 15) is 4.79 Å². The van der Waals surface area contributed by atoms with E-state index in [0.717, 1.165) is 27.7 Å². The summed E-state index contributed by atoms with van der Waals surface area (Å²) in [5.74, 6) is 0.460. The van der Waals surface area contributed by atoms with E-state index in [4.69, 9.17) is 28.2 Å². The zero-order chi connectivity index (χ0) is 23.4. The molecule has 1 aromatic heterocycles. The first-order valence-electron chi connectivity index (χ1n) is 10.5. The van der Waals surface area contributed by atoms with E-state index in [-0.39, 0.29) is 5.91 Å². The lowest BCUT2D eigenvalue weighted by Crippen LogP contribution is -2.12. The summed E-state index contributed by atoms with van der Waals surface area (Å²) in [6.07, 6.45) is 0.323. The van der Waals surface area contributed by atoms with Crippen LogP contribution in [0.25, 0.3) is 22.5 Å². The van der Waals surface area contributed by atoms with Crippen LogP contribution in [-0.4, -0.2) is 21.6 Å². The number of carbonyl (C=O) groups is 1. The van der Waals surface area contributed by atoms with E-state index in [1.807, 2.05) is 0 Å². The number of hydrogen-bond acceptors (Lipinski definition) is 3. The molecule has 0 aliphatic carbocycles. The largest absolute Gasteiger partial charge is 0.332 e. The lowest BCUT2D eigenvalue weighted by atomic mass is 10.0. The molecule has 33 heavy (non-hydrogen) atoms. The number of rotatable bonds is 7. The zero-order valence-corrected chi connectivity index (χ0v) is 20.6. The van der Waals surface area contributed by atoms with Crippen molar-refractivity contribution in [3.63, 3.8) is 0 Å². The molecule has 0 spiro atoms. The molecule has 0 atom stereocenters. The number of nitrogens with one attached hydrogen (secondary N) is 2. The molecular weight excluding hydrogens is 473 g/mol. The first kappa shape index (κ1) is 23.4. The molecule has 4 aromatic rings. The van der Waals surface area contributed by atoms with Crippen molar-refractivity contribution in [1.82, 2.24) is 9.97 Å². The Morgan fingerprint density at radius 3 is 2.21 bits per heavy atom. The number of hydrogen-bond donors (Lipinski definition) is 2. The minimum atomic E-state index is -0.115. The highest BCUT2D eigenvalue weighted by atomic mass is 35.5. The number of halogens is 2. The average molecular weight is 496 g/mol. The van der Waals surface area contributed by atoms with E-state index in [2.05, 4.69) is 72.7 Å². The standard InChI is InChI=1S/C26H23Cl2N3OS/c1-16-3-7-18(8-4-16)24-25(19-9-5-17(2)6-10-19)31-26(30-24)33-14-13-23(32)29-22-12-11-20(27)15-21(22)28/h3-12,15H,13-14H2,1-2H3,(H,29,32)(H,30,31). The molecule has 0 unspecified atom stereocenters. The van der Waals surface area contributed by atoms with E-state index >= 15 is 0 Å². The fourth-order valence-electron chi connectivity index (χ4n) is 3.31. The molecular formula is C26H23Cl2N3OS. The summed E-state index contributed by atoms with van der Waals surface area (Å²) in [5, 5.41) is 4.55. The van der Waals surface area contributed by atoms with Crippen molar-refractivity contribution in [3.8, 4) is 22.5 Å². The van der Waals surface area contributed by atoms with Crippen molar-refractivity contribution in [2.24, 2.45) is 0 Å². The Bertz CT molecular complexity index is 1200. The fraction of sp³-hybridized carbons (Fsp3) is 0.154. The molecule has 3 aromatic carbocycles. The van der Waals surface area contributed by atoms with E-state index in [1.54, 1.807) is 18.2 Å². The van der Waals surface area contributed by atoms with Crippen molar-refractivity contribution < 1.29 is 4.79 Å². The van der Waals surface area contributed by atoms with Crippen LogP contribution in [0.5, 0.6) is 0 Å². The van der Waals surface area contributed by atoms with Crippen LogP contribution in [-0.2, 0) is 4.79 Å². The molecule has 1 amide bonds. The molecule has 0 saturated carbocycles. The molecule has 0 aliphatic rings. The highest BCUT2D eigenvalue weighted by Crippen LogP contribution is 2.33. The lowest BCUT2D eigenvalue weighted by molar-refractivity contribution is -0.115. The van der Waals surface area contributed by atoms with Crippen molar-refractivity contribution in [3.05, 3.63) is 87.9 Å². The van der Waals surface area contributed by atoms with Gasteiger partial charge in [-0.2, -0.15) is 0 Å². The summed E-state index contributed by atoms with van der Waals surface area (Å²) in [5.41, 5.74) is 6.96. The Labute approximate surface area is 207 Å². The maximum atomic E-state index is 12.4.